The van der Waals surface area contributed by atoms with Gasteiger partial charge in [-0.3, -0.25) is 4.79 Å². The number of carbonyl (C=O) groups excluding carboxylic acids is 1. The molecular weight excluding hydrogens is 250 g/mol. The maximum Gasteiger partial charge on any atom is 0.228 e. The average molecular weight is 277 g/mol. The Morgan fingerprint density at radius 2 is 1.95 bits per heavy atom. The lowest BCUT2D eigenvalue weighted by atomic mass is 10.0. The first kappa shape index (κ1) is 16.5. The first-order chi connectivity index (χ1) is 9.56. The van der Waals surface area contributed by atoms with Crippen LogP contribution in [0.2, 0.25) is 0 Å². The van der Waals surface area contributed by atoms with E-state index in [0.717, 1.165) is 31.5 Å². The maximum absolute atomic E-state index is 11.9. The molecule has 0 aliphatic carbocycles. The molecule has 0 spiro atoms. The third-order valence-corrected chi connectivity index (χ3v) is 3.42. The molecule has 2 N–H and O–H groups in total. The van der Waals surface area contributed by atoms with E-state index in [9.17, 15) is 4.79 Å². The molecule has 4 nitrogen and oxygen atoms in total. The Morgan fingerprint density at radius 1 is 1.25 bits per heavy atom. The van der Waals surface area contributed by atoms with E-state index >= 15 is 0 Å². The fourth-order valence-corrected chi connectivity index (χ4v) is 1.97. The lowest BCUT2D eigenvalue weighted by molar-refractivity contribution is -0.120. The van der Waals surface area contributed by atoms with Gasteiger partial charge in [-0.25, -0.2) is 4.98 Å². The van der Waals surface area contributed by atoms with Gasteiger partial charge in [0, 0.05) is 12.5 Å². The van der Waals surface area contributed by atoms with Crippen LogP contribution in [0.5, 0.6) is 0 Å². The van der Waals surface area contributed by atoms with E-state index in [1.54, 1.807) is 6.20 Å². The van der Waals surface area contributed by atoms with E-state index in [2.05, 4.69) is 29.5 Å². The summed E-state index contributed by atoms with van der Waals surface area (Å²) in [5.41, 5.74) is 0.992. The van der Waals surface area contributed by atoms with Gasteiger partial charge < -0.3 is 10.6 Å². The number of amides is 1. The molecule has 1 rings (SSSR count). The quantitative estimate of drug-likeness (QED) is 0.757. The Kier molecular flexibility index (Phi) is 7.05. The fraction of sp³-hybridized carbons (Fsp3) is 0.625. The monoisotopic (exact) mass is 277 g/mol. The summed E-state index contributed by atoms with van der Waals surface area (Å²) in [6.45, 7) is 9.41. The van der Waals surface area contributed by atoms with Crippen LogP contribution in [0.25, 0.3) is 0 Å². The van der Waals surface area contributed by atoms with Crippen molar-refractivity contribution in [1.29, 1.82) is 0 Å². The molecular formula is C16H27N3O. The second-order valence-corrected chi connectivity index (χ2v) is 5.54. The van der Waals surface area contributed by atoms with Crippen molar-refractivity contribution in [3.05, 3.63) is 18.3 Å². The molecule has 1 heterocycles. The summed E-state index contributed by atoms with van der Waals surface area (Å²) in [7, 11) is 0. The van der Waals surface area contributed by atoms with Crippen molar-refractivity contribution in [3.8, 4) is 0 Å². The number of carbonyl (C=O) groups is 1. The first-order valence-corrected chi connectivity index (χ1v) is 7.57. The summed E-state index contributed by atoms with van der Waals surface area (Å²) in [4.78, 5) is 16.2. The largest absolute Gasteiger partial charge is 0.384 e. The van der Waals surface area contributed by atoms with Gasteiger partial charge in [0.25, 0.3) is 0 Å². The zero-order valence-electron chi connectivity index (χ0n) is 13.1. The number of hydrogen-bond donors (Lipinski definition) is 2. The minimum Gasteiger partial charge on any atom is -0.384 e. The van der Waals surface area contributed by atoms with Crippen LogP contribution >= 0.6 is 0 Å². The summed E-state index contributed by atoms with van der Waals surface area (Å²) in [5.74, 6) is 1.44. The van der Waals surface area contributed by atoms with Crippen molar-refractivity contribution in [2.75, 3.05) is 17.2 Å². The highest BCUT2D eigenvalue weighted by molar-refractivity contribution is 5.91. The van der Waals surface area contributed by atoms with E-state index in [1.807, 2.05) is 26.0 Å². The third kappa shape index (κ3) is 5.59. The van der Waals surface area contributed by atoms with Crippen molar-refractivity contribution in [1.82, 2.24) is 4.98 Å². The van der Waals surface area contributed by atoms with E-state index in [0.29, 0.717) is 11.7 Å². The number of hydrogen-bond acceptors (Lipinski definition) is 3. The molecule has 0 atom stereocenters. The highest BCUT2D eigenvalue weighted by Crippen LogP contribution is 2.14. The van der Waals surface area contributed by atoms with Gasteiger partial charge in [-0.05, 0) is 37.3 Å². The predicted octanol–water partition coefficient (Wildman–Crippen LogP) is 3.91. The van der Waals surface area contributed by atoms with Gasteiger partial charge in [0.15, 0.2) is 0 Å². The zero-order chi connectivity index (χ0) is 15.0. The standard InChI is InChI=1S/C16H27N3O/c1-5-13(6-2)16(20)19-15-8-7-14(11-18-15)17-10-9-12(3)4/h7-8,11-13,17H,5-6,9-10H2,1-4H3,(H,18,19,20). The Balaban J connectivity index is 2.48. The van der Waals surface area contributed by atoms with Gasteiger partial charge in [0.2, 0.25) is 5.91 Å². The molecule has 0 aliphatic heterocycles. The molecule has 0 bridgehead atoms. The second-order valence-electron chi connectivity index (χ2n) is 5.54. The molecule has 0 saturated heterocycles. The smallest absolute Gasteiger partial charge is 0.228 e. The molecule has 0 saturated carbocycles. The Bertz CT molecular complexity index is 397. The highest BCUT2D eigenvalue weighted by atomic mass is 16.1. The highest BCUT2D eigenvalue weighted by Gasteiger charge is 2.14. The number of aromatic nitrogens is 1. The molecule has 4 heteroatoms. The zero-order valence-corrected chi connectivity index (χ0v) is 13.1. The minimum atomic E-state index is 0.0583. The maximum atomic E-state index is 11.9. The SMILES string of the molecule is CCC(CC)C(=O)Nc1ccc(NCCC(C)C)cn1. The van der Waals surface area contributed by atoms with Crippen LogP contribution in [0.3, 0.4) is 0 Å². The Labute approximate surface area is 122 Å². The Hall–Kier alpha value is -1.58. The number of pyridine rings is 1. The molecule has 1 amide bonds. The molecule has 0 aromatic carbocycles. The number of nitrogens with zero attached hydrogens (tertiary/aromatic N) is 1. The number of anilines is 2. The molecule has 0 fully saturated rings. The predicted molar refractivity (Wildman–Crippen MR) is 84.9 cm³/mol. The summed E-state index contributed by atoms with van der Waals surface area (Å²) in [6, 6.07) is 3.80. The summed E-state index contributed by atoms with van der Waals surface area (Å²) < 4.78 is 0. The molecule has 0 radical (unpaired) electrons. The Morgan fingerprint density at radius 3 is 2.45 bits per heavy atom. The molecule has 0 aliphatic rings. The van der Waals surface area contributed by atoms with Gasteiger partial charge in [-0.15, -0.1) is 0 Å². The van der Waals surface area contributed by atoms with Crippen LogP contribution < -0.4 is 10.6 Å². The lowest BCUT2D eigenvalue weighted by Gasteiger charge is -2.13. The second kappa shape index (κ2) is 8.56. The molecule has 0 unspecified atom stereocenters. The van der Waals surface area contributed by atoms with Crippen LogP contribution in [0.1, 0.15) is 47.0 Å². The topological polar surface area (TPSA) is 54.0 Å². The molecule has 112 valence electrons. The van der Waals surface area contributed by atoms with Crippen LogP contribution in [-0.4, -0.2) is 17.4 Å². The van der Waals surface area contributed by atoms with Crippen molar-refractivity contribution < 1.29 is 4.79 Å². The lowest BCUT2D eigenvalue weighted by Crippen LogP contribution is -2.22. The minimum absolute atomic E-state index is 0.0583. The summed E-state index contributed by atoms with van der Waals surface area (Å²) in [5, 5.41) is 6.19. The summed E-state index contributed by atoms with van der Waals surface area (Å²) >= 11 is 0. The third-order valence-electron chi connectivity index (χ3n) is 3.42. The summed E-state index contributed by atoms with van der Waals surface area (Å²) in [6.07, 6.45) is 4.62. The number of nitrogens with one attached hydrogen (secondary N) is 2. The van der Waals surface area contributed by atoms with Gasteiger partial charge in [0.05, 0.1) is 11.9 Å². The molecule has 1 aromatic rings. The van der Waals surface area contributed by atoms with Crippen molar-refractivity contribution in [3.63, 3.8) is 0 Å². The fourth-order valence-electron chi connectivity index (χ4n) is 1.97. The van der Waals surface area contributed by atoms with Crippen LogP contribution in [0, 0.1) is 11.8 Å². The van der Waals surface area contributed by atoms with Crippen LogP contribution in [0.15, 0.2) is 18.3 Å². The van der Waals surface area contributed by atoms with Crippen molar-refractivity contribution in [2.24, 2.45) is 11.8 Å². The normalized spacial score (nSPS) is 10.9. The van der Waals surface area contributed by atoms with E-state index in [4.69, 9.17) is 0 Å². The van der Waals surface area contributed by atoms with Gasteiger partial charge in [-0.1, -0.05) is 27.7 Å². The van der Waals surface area contributed by atoms with Gasteiger partial charge in [0.1, 0.15) is 5.82 Å². The molecule has 1 aromatic heterocycles. The van der Waals surface area contributed by atoms with Gasteiger partial charge >= 0.3 is 0 Å². The first-order valence-electron chi connectivity index (χ1n) is 7.57. The average Bonchev–Trinajstić information content (AvgIpc) is 2.42. The van der Waals surface area contributed by atoms with E-state index < -0.39 is 0 Å². The van der Waals surface area contributed by atoms with Crippen molar-refractivity contribution >= 4 is 17.4 Å². The van der Waals surface area contributed by atoms with Crippen molar-refractivity contribution in [2.45, 2.75) is 47.0 Å². The van der Waals surface area contributed by atoms with E-state index in [1.165, 1.54) is 0 Å². The van der Waals surface area contributed by atoms with Crippen LogP contribution in [-0.2, 0) is 4.79 Å². The molecule has 20 heavy (non-hydrogen) atoms. The number of rotatable bonds is 8. The van der Waals surface area contributed by atoms with Gasteiger partial charge in [-0.2, -0.15) is 0 Å². The van der Waals surface area contributed by atoms with E-state index in [-0.39, 0.29) is 11.8 Å². The van der Waals surface area contributed by atoms with Crippen LogP contribution in [0.4, 0.5) is 11.5 Å².